The number of hydrogen-bond acceptors (Lipinski definition) is 1. The summed E-state index contributed by atoms with van der Waals surface area (Å²) in [6.07, 6.45) is 2.07. The second-order valence-electron chi connectivity index (χ2n) is 4.88. The van der Waals surface area contributed by atoms with E-state index in [1.54, 1.807) is 0 Å². The Morgan fingerprint density at radius 1 is 0.850 bits per heavy atom. The van der Waals surface area contributed by atoms with Gasteiger partial charge < -0.3 is 9.88 Å². The first-order valence-corrected chi connectivity index (χ1v) is 6.83. The molecule has 20 heavy (non-hydrogen) atoms. The Labute approximate surface area is 119 Å². The third kappa shape index (κ3) is 2.59. The Bertz CT molecular complexity index is 683. The van der Waals surface area contributed by atoms with Crippen LogP contribution in [-0.4, -0.2) is 4.57 Å². The van der Waals surface area contributed by atoms with Gasteiger partial charge in [0.15, 0.2) is 0 Å². The molecule has 0 saturated heterocycles. The predicted octanol–water partition coefficient (Wildman–Crippen LogP) is 4.30. The number of hydrogen-bond donors (Lipinski definition) is 1. The molecular weight excluding hydrogens is 244 g/mol. The lowest BCUT2D eigenvalue weighted by Crippen LogP contribution is -2.04. The van der Waals surface area contributed by atoms with E-state index >= 15 is 0 Å². The maximum atomic E-state index is 3.53. The number of nitrogens with one attached hydrogen (secondary N) is 1. The minimum absolute atomic E-state index is 0.827. The number of para-hydroxylation sites is 1. The molecule has 0 atom stereocenters. The molecule has 1 N–H and O–H groups in total. The highest BCUT2D eigenvalue weighted by Crippen LogP contribution is 2.27. The molecule has 1 heterocycles. The highest BCUT2D eigenvalue weighted by molar-refractivity contribution is 5.77. The number of benzene rings is 2. The molecule has 0 spiro atoms. The van der Waals surface area contributed by atoms with Gasteiger partial charge in [-0.15, -0.1) is 0 Å². The van der Waals surface area contributed by atoms with Gasteiger partial charge in [0.2, 0.25) is 0 Å². The zero-order chi connectivity index (χ0) is 13.8. The summed E-state index contributed by atoms with van der Waals surface area (Å²) in [5, 5.41) is 3.53. The number of anilines is 1. The summed E-state index contributed by atoms with van der Waals surface area (Å²) < 4.78 is 2.14. The van der Waals surface area contributed by atoms with Crippen LogP contribution in [0.2, 0.25) is 0 Å². The fourth-order valence-corrected chi connectivity index (χ4v) is 2.37. The van der Waals surface area contributed by atoms with Crippen LogP contribution in [0.3, 0.4) is 0 Å². The monoisotopic (exact) mass is 262 g/mol. The summed E-state index contributed by atoms with van der Waals surface area (Å²) in [6.45, 7) is 0.827. The molecule has 0 saturated carbocycles. The predicted molar refractivity (Wildman–Crippen MR) is 84.6 cm³/mol. The zero-order valence-corrected chi connectivity index (χ0v) is 11.6. The lowest BCUT2D eigenvalue weighted by Gasteiger charge is -2.12. The molecule has 0 fully saturated rings. The van der Waals surface area contributed by atoms with E-state index in [9.17, 15) is 0 Å². The van der Waals surface area contributed by atoms with Gasteiger partial charge in [0.25, 0.3) is 0 Å². The molecule has 1 aromatic heterocycles. The van der Waals surface area contributed by atoms with Gasteiger partial charge in [0, 0.05) is 30.2 Å². The Morgan fingerprint density at radius 3 is 2.35 bits per heavy atom. The van der Waals surface area contributed by atoms with Crippen LogP contribution in [0.5, 0.6) is 0 Å². The van der Waals surface area contributed by atoms with Crippen LogP contribution in [0.1, 0.15) is 5.69 Å². The Balaban J connectivity index is 1.85. The standard InChI is InChI=1S/C18H18N2/c1-20-13-7-10-16(20)14-19-18-12-6-5-11-17(18)15-8-3-2-4-9-15/h2-13,19H,14H2,1H3. The van der Waals surface area contributed by atoms with Gasteiger partial charge in [-0.3, -0.25) is 0 Å². The number of aromatic nitrogens is 1. The van der Waals surface area contributed by atoms with Crippen molar-refractivity contribution in [3.8, 4) is 11.1 Å². The molecule has 0 aliphatic heterocycles. The molecule has 100 valence electrons. The van der Waals surface area contributed by atoms with Crippen molar-refractivity contribution in [1.82, 2.24) is 4.57 Å². The van der Waals surface area contributed by atoms with Crippen molar-refractivity contribution in [3.05, 3.63) is 78.6 Å². The van der Waals surface area contributed by atoms with Gasteiger partial charge in [-0.05, 0) is 23.8 Å². The first kappa shape index (κ1) is 12.5. The quantitative estimate of drug-likeness (QED) is 0.741. The van der Waals surface area contributed by atoms with Crippen molar-refractivity contribution in [3.63, 3.8) is 0 Å². The van der Waals surface area contributed by atoms with Crippen LogP contribution in [0, 0.1) is 0 Å². The molecule has 3 rings (SSSR count). The Hall–Kier alpha value is -2.48. The molecule has 2 nitrogen and oxygen atoms in total. The topological polar surface area (TPSA) is 17.0 Å². The third-order valence-corrected chi connectivity index (χ3v) is 3.52. The number of aryl methyl sites for hydroxylation is 1. The van der Waals surface area contributed by atoms with E-state index in [1.165, 1.54) is 22.5 Å². The summed E-state index contributed by atoms with van der Waals surface area (Å²) >= 11 is 0. The van der Waals surface area contributed by atoms with Crippen molar-refractivity contribution < 1.29 is 0 Å². The molecule has 3 aromatic rings. The van der Waals surface area contributed by atoms with Crippen LogP contribution in [0.15, 0.2) is 72.9 Å². The van der Waals surface area contributed by atoms with Gasteiger partial charge in [0.05, 0.1) is 6.54 Å². The van der Waals surface area contributed by atoms with Gasteiger partial charge >= 0.3 is 0 Å². The van der Waals surface area contributed by atoms with Crippen molar-refractivity contribution in [1.29, 1.82) is 0 Å². The first-order valence-electron chi connectivity index (χ1n) is 6.83. The van der Waals surface area contributed by atoms with E-state index in [0.29, 0.717) is 0 Å². The van der Waals surface area contributed by atoms with Gasteiger partial charge in [0.1, 0.15) is 0 Å². The SMILES string of the molecule is Cn1cccc1CNc1ccccc1-c1ccccc1. The molecule has 0 radical (unpaired) electrons. The van der Waals surface area contributed by atoms with E-state index < -0.39 is 0 Å². The Morgan fingerprint density at radius 2 is 1.60 bits per heavy atom. The van der Waals surface area contributed by atoms with Crippen molar-refractivity contribution in [2.75, 3.05) is 5.32 Å². The smallest absolute Gasteiger partial charge is 0.0553 e. The van der Waals surface area contributed by atoms with Crippen LogP contribution < -0.4 is 5.32 Å². The van der Waals surface area contributed by atoms with Crippen molar-refractivity contribution in [2.24, 2.45) is 7.05 Å². The highest BCUT2D eigenvalue weighted by atomic mass is 15.0. The fourth-order valence-electron chi connectivity index (χ4n) is 2.37. The maximum absolute atomic E-state index is 3.53. The van der Waals surface area contributed by atoms with Crippen LogP contribution in [-0.2, 0) is 13.6 Å². The van der Waals surface area contributed by atoms with E-state index in [0.717, 1.165) is 6.54 Å². The molecular formula is C18H18N2. The molecule has 0 unspecified atom stereocenters. The molecule has 0 amide bonds. The van der Waals surface area contributed by atoms with Gasteiger partial charge in [-0.2, -0.15) is 0 Å². The summed E-state index contributed by atoms with van der Waals surface area (Å²) in [5.74, 6) is 0. The average Bonchev–Trinajstić information content (AvgIpc) is 2.92. The number of rotatable bonds is 4. The van der Waals surface area contributed by atoms with Crippen LogP contribution in [0.4, 0.5) is 5.69 Å². The second-order valence-corrected chi connectivity index (χ2v) is 4.88. The van der Waals surface area contributed by atoms with E-state index in [4.69, 9.17) is 0 Å². The average molecular weight is 262 g/mol. The maximum Gasteiger partial charge on any atom is 0.0553 e. The van der Waals surface area contributed by atoms with Crippen LogP contribution >= 0.6 is 0 Å². The fraction of sp³-hybridized carbons (Fsp3) is 0.111. The minimum atomic E-state index is 0.827. The third-order valence-electron chi connectivity index (χ3n) is 3.52. The molecule has 0 aliphatic rings. The first-order chi connectivity index (χ1) is 9.84. The number of nitrogens with zero attached hydrogens (tertiary/aromatic N) is 1. The van der Waals surface area contributed by atoms with Gasteiger partial charge in [-0.25, -0.2) is 0 Å². The minimum Gasteiger partial charge on any atom is -0.379 e. The summed E-state index contributed by atoms with van der Waals surface area (Å²) in [4.78, 5) is 0. The Kier molecular flexibility index (Phi) is 3.55. The van der Waals surface area contributed by atoms with Gasteiger partial charge in [-0.1, -0.05) is 48.5 Å². The lowest BCUT2D eigenvalue weighted by atomic mass is 10.0. The molecule has 0 bridgehead atoms. The van der Waals surface area contributed by atoms with E-state index in [2.05, 4.69) is 83.8 Å². The molecule has 0 aliphatic carbocycles. The van der Waals surface area contributed by atoms with E-state index in [1.807, 2.05) is 6.07 Å². The summed E-state index contributed by atoms with van der Waals surface area (Å²) in [6, 6.07) is 23.1. The normalized spacial score (nSPS) is 10.4. The van der Waals surface area contributed by atoms with Crippen molar-refractivity contribution in [2.45, 2.75) is 6.54 Å². The highest BCUT2D eigenvalue weighted by Gasteiger charge is 2.04. The van der Waals surface area contributed by atoms with Crippen LogP contribution in [0.25, 0.3) is 11.1 Å². The summed E-state index contributed by atoms with van der Waals surface area (Å²) in [5.41, 5.74) is 4.91. The van der Waals surface area contributed by atoms with E-state index in [-0.39, 0.29) is 0 Å². The molecule has 2 aromatic carbocycles. The lowest BCUT2D eigenvalue weighted by molar-refractivity contribution is 0.842. The molecule has 2 heteroatoms. The van der Waals surface area contributed by atoms with Crippen molar-refractivity contribution >= 4 is 5.69 Å². The second kappa shape index (κ2) is 5.66. The summed E-state index contributed by atoms with van der Waals surface area (Å²) in [7, 11) is 2.07. The largest absolute Gasteiger partial charge is 0.379 e. The zero-order valence-electron chi connectivity index (χ0n) is 11.6.